The van der Waals surface area contributed by atoms with Crippen LogP contribution >= 0.6 is 0 Å². The molecule has 126 valence electrons. The highest BCUT2D eigenvalue weighted by Crippen LogP contribution is 2.17. The number of piperidine rings is 1. The van der Waals surface area contributed by atoms with E-state index in [1.54, 1.807) is 0 Å². The maximum atomic E-state index is 12.7. The van der Waals surface area contributed by atoms with Crippen LogP contribution in [0.25, 0.3) is 0 Å². The third kappa shape index (κ3) is 4.55. The molecule has 3 rings (SSSR count). The van der Waals surface area contributed by atoms with Crippen molar-refractivity contribution in [3.8, 4) is 0 Å². The summed E-state index contributed by atoms with van der Waals surface area (Å²) >= 11 is 0. The van der Waals surface area contributed by atoms with Gasteiger partial charge in [-0.3, -0.25) is 4.79 Å². The Labute approximate surface area is 139 Å². The number of carbonyl (C=O) groups excluding carboxylic acids is 1. The maximum Gasteiger partial charge on any atom is 0.253 e. The number of carbonyl (C=O) groups is 1. The third-order valence-electron chi connectivity index (χ3n) is 5.13. The van der Waals surface area contributed by atoms with E-state index in [-0.39, 0.29) is 5.91 Å². The van der Waals surface area contributed by atoms with E-state index in [0.29, 0.717) is 0 Å². The molecule has 23 heavy (non-hydrogen) atoms. The van der Waals surface area contributed by atoms with Crippen molar-refractivity contribution >= 4 is 5.91 Å². The molecule has 2 saturated heterocycles. The van der Waals surface area contributed by atoms with Crippen molar-refractivity contribution in [3.05, 3.63) is 35.4 Å². The Kier molecular flexibility index (Phi) is 5.68. The van der Waals surface area contributed by atoms with Crippen LogP contribution in [0.1, 0.15) is 35.2 Å². The molecule has 0 spiro atoms. The Bertz CT molecular complexity index is 508. The average Bonchev–Trinajstić information content (AvgIpc) is 2.80. The minimum atomic E-state index is 0.186. The molecule has 0 saturated carbocycles. The van der Waals surface area contributed by atoms with Gasteiger partial charge < -0.3 is 15.1 Å². The molecule has 4 nitrogen and oxygen atoms in total. The van der Waals surface area contributed by atoms with Gasteiger partial charge in [0.1, 0.15) is 0 Å². The molecule has 0 radical (unpaired) electrons. The van der Waals surface area contributed by atoms with Crippen molar-refractivity contribution in [2.24, 2.45) is 5.92 Å². The van der Waals surface area contributed by atoms with E-state index >= 15 is 0 Å². The number of hydrogen-bond acceptors (Lipinski definition) is 3. The van der Waals surface area contributed by atoms with Crippen LogP contribution in [0.3, 0.4) is 0 Å². The molecule has 2 aliphatic rings. The van der Waals surface area contributed by atoms with Gasteiger partial charge in [0.25, 0.3) is 5.91 Å². The first-order valence-electron chi connectivity index (χ1n) is 9.00. The fourth-order valence-corrected chi connectivity index (χ4v) is 3.65. The van der Waals surface area contributed by atoms with E-state index < -0.39 is 0 Å². The Morgan fingerprint density at radius 1 is 1.13 bits per heavy atom. The number of benzene rings is 1. The predicted molar refractivity (Wildman–Crippen MR) is 93.8 cm³/mol. The molecular formula is C19H29N3O. The number of rotatable bonds is 3. The molecule has 0 aliphatic carbocycles. The van der Waals surface area contributed by atoms with Crippen molar-refractivity contribution in [3.63, 3.8) is 0 Å². The van der Waals surface area contributed by atoms with Gasteiger partial charge in [-0.15, -0.1) is 0 Å². The molecule has 4 heteroatoms. The number of likely N-dealkylation sites (N-methyl/N-ethyl adjacent to an activating group) is 1. The zero-order valence-electron chi connectivity index (χ0n) is 14.3. The fourth-order valence-electron chi connectivity index (χ4n) is 3.65. The molecule has 2 heterocycles. The number of hydrogen-bond donors (Lipinski definition) is 1. The van der Waals surface area contributed by atoms with Crippen molar-refractivity contribution in [1.82, 2.24) is 15.1 Å². The van der Waals surface area contributed by atoms with Crippen LogP contribution in [0.15, 0.2) is 24.3 Å². The monoisotopic (exact) mass is 315 g/mol. The molecule has 1 amide bonds. The van der Waals surface area contributed by atoms with Gasteiger partial charge in [0, 0.05) is 25.2 Å². The van der Waals surface area contributed by atoms with Gasteiger partial charge in [0.05, 0.1) is 0 Å². The quantitative estimate of drug-likeness (QED) is 0.927. The van der Waals surface area contributed by atoms with Gasteiger partial charge in [-0.25, -0.2) is 0 Å². The lowest BCUT2D eigenvalue weighted by atomic mass is 9.92. The van der Waals surface area contributed by atoms with Crippen molar-refractivity contribution < 1.29 is 4.79 Å². The van der Waals surface area contributed by atoms with E-state index in [4.69, 9.17) is 0 Å². The molecule has 0 unspecified atom stereocenters. The predicted octanol–water partition coefficient (Wildman–Crippen LogP) is 2.01. The standard InChI is InChI=1S/C19H29N3O/c1-21-10-3-11-22(13-12-21)19(23)18-7-5-16(6-8-18)14-17-4-2-9-20-15-17/h5-8,17,20H,2-4,9-15H2,1H3/t17-/m1/s1. The molecule has 1 aromatic rings. The van der Waals surface area contributed by atoms with Gasteiger partial charge >= 0.3 is 0 Å². The summed E-state index contributed by atoms with van der Waals surface area (Å²) in [4.78, 5) is 17.0. The minimum absolute atomic E-state index is 0.186. The number of amides is 1. The summed E-state index contributed by atoms with van der Waals surface area (Å²) < 4.78 is 0. The first kappa shape index (κ1) is 16.5. The van der Waals surface area contributed by atoms with Crippen LogP contribution in [0, 0.1) is 5.92 Å². The summed E-state index contributed by atoms with van der Waals surface area (Å²) in [7, 11) is 2.13. The molecule has 0 aromatic heterocycles. The summed E-state index contributed by atoms with van der Waals surface area (Å²) in [6, 6.07) is 8.32. The second-order valence-electron chi connectivity index (χ2n) is 7.06. The van der Waals surface area contributed by atoms with Gasteiger partial charge in [-0.1, -0.05) is 12.1 Å². The Morgan fingerprint density at radius 2 is 1.96 bits per heavy atom. The maximum absolute atomic E-state index is 12.7. The Morgan fingerprint density at radius 3 is 2.70 bits per heavy atom. The lowest BCUT2D eigenvalue weighted by Crippen LogP contribution is -2.34. The van der Waals surface area contributed by atoms with Crippen molar-refractivity contribution in [2.75, 3.05) is 46.3 Å². The second-order valence-corrected chi connectivity index (χ2v) is 7.06. The topological polar surface area (TPSA) is 35.6 Å². The van der Waals surface area contributed by atoms with E-state index in [2.05, 4.69) is 29.4 Å². The van der Waals surface area contributed by atoms with Crippen LogP contribution in [-0.4, -0.2) is 62.0 Å². The Balaban J connectivity index is 1.58. The lowest BCUT2D eigenvalue weighted by Gasteiger charge is -2.23. The first-order chi connectivity index (χ1) is 11.2. The molecule has 2 aliphatic heterocycles. The van der Waals surface area contributed by atoms with Crippen LogP contribution in [0.5, 0.6) is 0 Å². The highest BCUT2D eigenvalue weighted by atomic mass is 16.2. The molecule has 1 atom stereocenters. The first-order valence-corrected chi connectivity index (χ1v) is 9.00. The van der Waals surface area contributed by atoms with Crippen LogP contribution in [0.2, 0.25) is 0 Å². The molecule has 1 aromatic carbocycles. The highest BCUT2D eigenvalue weighted by molar-refractivity contribution is 5.94. The Hall–Kier alpha value is -1.39. The van der Waals surface area contributed by atoms with E-state index in [9.17, 15) is 4.79 Å². The summed E-state index contributed by atoms with van der Waals surface area (Å²) in [5.74, 6) is 0.928. The van der Waals surface area contributed by atoms with E-state index in [0.717, 1.165) is 63.6 Å². The fraction of sp³-hybridized carbons (Fsp3) is 0.632. The van der Waals surface area contributed by atoms with Gasteiger partial charge in [-0.2, -0.15) is 0 Å². The minimum Gasteiger partial charge on any atom is -0.337 e. The number of nitrogens with zero attached hydrogens (tertiary/aromatic N) is 2. The van der Waals surface area contributed by atoms with Gasteiger partial charge in [0.2, 0.25) is 0 Å². The van der Waals surface area contributed by atoms with Crippen molar-refractivity contribution in [1.29, 1.82) is 0 Å². The summed E-state index contributed by atoms with van der Waals surface area (Å²) in [6.45, 7) is 6.05. The van der Waals surface area contributed by atoms with Crippen LogP contribution in [-0.2, 0) is 6.42 Å². The van der Waals surface area contributed by atoms with Gasteiger partial charge in [0.15, 0.2) is 0 Å². The molecule has 1 N–H and O–H groups in total. The SMILES string of the molecule is CN1CCCN(C(=O)c2ccc(C[C@H]3CCCNC3)cc2)CC1. The average molecular weight is 315 g/mol. The summed E-state index contributed by atoms with van der Waals surface area (Å²) in [6.07, 6.45) is 4.78. The smallest absolute Gasteiger partial charge is 0.253 e. The number of nitrogens with one attached hydrogen (secondary N) is 1. The van der Waals surface area contributed by atoms with E-state index in [1.807, 2.05) is 17.0 Å². The molecule has 2 fully saturated rings. The summed E-state index contributed by atoms with van der Waals surface area (Å²) in [5, 5.41) is 3.47. The lowest BCUT2D eigenvalue weighted by molar-refractivity contribution is 0.0763. The van der Waals surface area contributed by atoms with Crippen LogP contribution < -0.4 is 5.32 Å². The largest absolute Gasteiger partial charge is 0.337 e. The zero-order valence-corrected chi connectivity index (χ0v) is 14.3. The summed E-state index contributed by atoms with van der Waals surface area (Å²) in [5.41, 5.74) is 2.19. The van der Waals surface area contributed by atoms with Crippen LogP contribution in [0.4, 0.5) is 0 Å². The highest BCUT2D eigenvalue weighted by Gasteiger charge is 2.19. The molecule has 0 bridgehead atoms. The van der Waals surface area contributed by atoms with Crippen molar-refractivity contribution in [2.45, 2.75) is 25.7 Å². The van der Waals surface area contributed by atoms with E-state index in [1.165, 1.54) is 18.4 Å². The third-order valence-corrected chi connectivity index (χ3v) is 5.13. The van der Waals surface area contributed by atoms with Gasteiger partial charge in [-0.05, 0) is 76.0 Å². The zero-order chi connectivity index (χ0) is 16.1. The molecular weight excluding hydrogens is 286 g/mol. The normalized spacial score (nSPS) is 23.5. The second kappa shape index (κ2) is 7.93.